The third-order valence-electron chi connectivity index (χ3n) is 2.44. The Bertz CT molecular complexity index is 132. The normalized spacial score (nSPS) is 8.88. The standard InChI is InChI=1S/C9H20.C5H10O2.Na/c1-3-5-7-9-8-6-4-2;1-2-3-4-5(6)7;/h3-9H2,1-2H3;2-4H2,1H3,(H,6,7);/q;;+1/p-1. The maximum atomic E-state index is 9.65. The van der Waals surface area contributed by atoms with Crippen molar-refractivity contribution in [1.29, 1.82) is 0 Å². The molecule has 0 aliphatic rings. The van der Waals surface area contributed by atoms with Crippen molar-refractivity contribution in [2.24, 2.45) is 0 Å². The molecule has 0 bridgehead atoms. The molecular weight excluding hydrogens is 223 g/mol. The van der Waals surface area contributed by atoms with Gasteiger partial charge in [0.1, 0.15) is 0 Å². The molecule has 0 rings (SSSR count). The minimum Gasteiger partial charge on any atom is -0.550 e. The van der Waals surface area contributed by atoms with Crippen LogP contribution in [-0.4, -0.2) is 5.97 Å². The van der Waals surface area contributed by atoms with Crippen LogP contribution in [0.4, 0.5) is 0 Å². The van der Waals surface area contributed by atoms with Crippen molar-refractivity contribution in [1.82, 2.24) is 0 Å². The molecule has 0 aliphatic heterocycles. The van der Waals surface area contributed by atoms with Crippen molar-refractivity contribution in [2.45, 2.75) is 85.0 Å². The van der Waals surface area contributed by atoms with Crippen LogP contribution in [0.25, 0.3) is 0 Å². The van der Waals surface area contributed by atoms with Gasteiger partial charge in [-0.2, -0.15) is 0 Å². The summed E-state index contributed by atoms with van der Waals surface area (Å²) in [5, 5.41) is 9.65. The molecule has 0 fully saturated rings. The van der Waals surface area contributed by atoms with E-state index in [1.165, 1.54) is 44.9 Å². The van der Waals surface area contributed by atoms with Crippen LogP contribution >= 0.6 is 0 Å². The van der Waals surface area contributed by atoms with Crippen molar-refractivity contribution >= 4 is 5.97 Å². The van der Waals surface area contributed by atoms with E-state index in [-0.39, 0.29) is 36.0 Å². The van der Waals surface area contributed by atoms with Gasteiger partial charge in [-0.15, -0.1) is 0 Å². The number of aliphatic carboxylic acids is 1. The first-order valence-corrected chi connectivity index (χ1v) is 6.88. The molecule has 0 radical (unpaired) electrons. The Morgan fingerprint density at radius 1 is 0.765 bits per heavy atom. The maximum Gasteiger partial charge on any atom is 1.00 e. The van der Waals surface area contributed by atoms with Gasteiger partial charge >= 0.3 is 29.6 Å². The summed E-state index contributed by atoms with van der Waals surface area (Å²) in [7, 11) is 0. The summed E-state index contributed by atoms with van der Waals surface area (Å²) in [6.07, 6.45) is 11.8. The second kappa shape index (κ2) is 21.7. The van der Waals surface area contributed by atoms with Gasteiger partial charge in [-0.1, -0.05) is 72.1 Å². The zero-order valence-corrected chi connectivity index (χ0v) is 14.4. The van der Waals surface area contributed by atoms with Crippen LogP contribution in [0.3, 0.4) is 0 Å². The summed E-state index contributed by atoms with van der Waals surface area (Å²) in [6, 6.07) is 0. The second-order valence-electron chi connectivity index (χ2n) is 4.24. The van der Waals surface area contributed by atoms with Gasteiger partial charge in [-0.3, -0.25) is 0 Å². The molecule has 0 unspecified atom stereocenters. The molecule has 0 aromatic heterocycles. The van der Waals surface area contributed by atoms with Gasteiger partial charge in [-0.25, -0.2) is 0 Å². The van der Waals surface area contributed by atoms with Gasteiger partial charge in [0, 0.05) is 5.97 Å². The largest absolute Gasteiger partial charge is 1.00 e. The van der Waals surface area contributed by atoms with Crippen LogP contribution in [-0.2, 0) is 4.79 Å². The summed E-state index contributed by atoms with van der Waals surface area (Å²) in [6.45, 7) is 6.47. The van der Waals surface area contributed by atoms with Crippen LogP contribution in [0.5, 0.6) is 0 Å². The molecule has 0 saturated heterocycles. The summed E-state index contributed by atoms with van der Waals surface area (Å²) in [5.41, 5.74) is 0. The predicted molar refractivity (Wildman–Crippen MR) is 68.2 cm³/mol. The van der Waals surface area contributed by atoms with Crippen molar-refractivity contribution < 1.29 is 39.5 Å². The van der Waals surface area contributed by atoms with E-state index in [0.717, 1.165) is 12.8 Å². The quantitative estimate of drug-likeness (QED) is 0.447. The van der Waals surface area contributed by atoms with E-state index >= 15 is 0 Å². The fourth-order valence-corrected chi connectivity index (χ4v) is 1.35. The van der Waals surface area contributed by atoms with E-state index in [0.29, 0.717) is 0 Å². The van der Waals surface area contributed by atoms with Crippen LogP contribution in [0, 0.1) is 0 Å². The van der Waals surface area contributed by atoms with Crippen molar-refractivity contribution in [3.8, 4) is 0 Å². The molecule has 0 aliphatic carbocycles. The number of carboxylic acids is 1. The SMILES string of the molecule is CCCCC(=O)[O-].CCCCCCCCC.[Na+]. The monoisotopic (exact) mass is 252 g/mol. The number of carboxylic acid groups (broad SMARTS) is 1. The number of hydrogen-bond acceptors (Lipinski definition) is 2. The Hall–Kier alpha value is 0.470. The van der Waals surface area contributed by atoms with Crippen molar-refractivity contribution in [3.63, 3.8) is 0 Å². The first kappa shape index (κ1) is 22.6. The number of rotatable bonds is 9. The summed E-state index contributed by atoms with van der Waals surface area (Å²) < 4.78 is 0. The van der Waals surface area contributed by atoms with Crippen molar-refractivity contribution in [3.05, 3.63) is 0 Å². The molecule has 0 N–H and O–H groups in total. The zero-order chi connectivity index (χ0) is 12.6. The molecule has 98 valence electrons. The first-order chi connectivity index (χ1) is 7.68. The number of hydrogen-bond donors (Lipinski definition) is 0. The smallest absolute Gasteiger partial charge is 0.550 e. The molecule has 0 amide bonds. The minimum atomic E-state index is -0.943. The molecule has 0 spiro atoms. The summed E-state index contributed by atoms with van der Waals surface area (Å²) in [5.74, 6) is -0.943. The van der Waals surface area contributed by atoms with Gasteiger partial charge in [0.05, 0.1) is 0 Å². The maximum absolute atomic E-state index is 9.65. The van der Waals surface area contributed by atoms with Gasteiger partial charge in [0.15, 0.2) is 0 Å². The van der Waals surface area contributed by atoms with Gasteiger partial charge in [0.25, 0.3) is 0 Å². The Balaban J connectivity index is -0.000000224. The molecule has 0 saturated carbocycles. The fraction of sp³-hybridized carbons (Fsp3) is 0.929. The van der Waals surface area contributed by atoms with Crippen LogP contribution < -0.4 is 34.7 Å². The van der Waals surface area contributed by atoms with Crippen LogP contribution in [0.15, 0.2) is 0 Å². The molecule has 17 heavy (non-hydrogen) atoms. The zero-order valence-electron chi connectivity index (χ0n) is 12.4. The van der Waals surface area contributed by atoms with E-state index in [9.17, 15) is 9.90 Å². The average Bonchev–Trinajstić information content (AvgIpc) is 2.27. The fourth-order valence-electron chi connectivity index (χ4n) is 1.35. The number of carbonyl (C=O) groups is 1. The van der Waals surface area contributed by atoms with Gasteiger partial charge < -0.3 is 9.90 Å². The number of carbonyl (C=O) groups excluding carboxylic acids is 1. The van der Waals surface area contributed by atoms with E-state index in [2.05, 4.69) is 13.8 Å². The van der Waals surface area contributed by atoms with E-state index in [1.807, 2.05) is 6.92 Å². The molecule has 3 heteroatoms. The molecule has 0 aromatic rings. The molecular formula is C14H29NaO2. The predicted octanol–water partition coefficient (Wildman–Crippen LogP) is 0.687. The van der Waals surface area contributed by atoms with Gasteiger partial charge in [0.2, 0.25) is 0 Å². The van der Waals surface area contributed by atoms with E-state index < -0.39 is 5.97 Å². The average molecular weight is 252 g/mol. The van der Waals surface area contributed by atoms with E-state index in [4.69, 9.17) is 0 Å². The minimum absolute atomic E-state index is 0. The molecule has 0 atom stereocenters. The number of unbranched alkanes of at least 4 members (excludes halogenated alkanes) is 7. The third-order valence-corrected chi connectivity index (χ3v) is 2.44. The van der Waals surface area contributed by atoms with Crippen LogP contribution in [0.2, 0.25) is 0 Å². The van der Waals surface area contributed by atoms with Crippen molar-refractivity contribution in [2.75, 3.05) is 0 Å². The Morgan fingerprint density at radius 3 is 1.35 bits per heavy atom. The second-order valence-corrected chi connectivity index (χ2v) is 4.24. The topological polar surface area (TPSA) is 40.1 Å². The Labute approximate surface area is 130 Å². The first-order valence-electron chi connectivity index (χ1n) is 6.88. The summed E-state index contributed by atoms with van der Waals surface area (Å²) >= 11 is 0. The third kappa shape index (κ3) is 31.5. The Morgan fingerprint density at radius 2 is 1.12 bits per heavy atom. The summed E-state index contributed by atoms with van der Waals surface area (Å²) in [4.78, 5) is 9.65. The molecule has 0 aromatic carbocycles. The molecule has 2 nitrogen and oxygen atoms in total. The van der Waals surface area contributed by atoms with E-state index in [1.54, 1.807) is 0 Å². The van der Waals surface area contributed by atoms with Gasteiger partial charge in [-0.05, 0) is 12.8 Å². The van der Waals surface area contributed by atoms with Crippen LogP contribution in [0.1, 0.15) is 85.0 Å². The molecule has 0 heterocycles. The Kier molecular flexibility index (Phi) is 28.9.